The number of ether oxygens (including phenoxy) is 2. The highest BCUT2D eigenvalue weighted by atomic mass is 16.6. The Balaban J connectivity index is 2.73. The van der Waals surface area contributed by atoms with E-state index >= 15 is 0 Å². The van der Waals surface area contributed by atoms with Crippen LogP contribution in [0.25, 0.3) is 0 Å². The number of nitrogens with zero attached hydrogens (tertiary/aromatic N) is 1. The summed E-state index contributed by atoms with van der Waals surface area (Å²) in [6, 6.07) is -1.13. The van der Waals surface area contributed by atoms with E-state index in [1.807, 2.05) is 0 Å². The number of hydrogen-bond donors (Lipinski definition) is 0. The van der Waals surface area contributed by atoms with Crippen molar-refractivity contribution in [2.24, 2.45) is 0 Å². The maximum atomic E-state index is 11.5. The van der Waals surface area contributed by atoms with Gasteiger partial charge in [-0.2, -0.15) is 0 Å². The van der Waals surface area contributed by atoms with Crippen LogP contribution < -0.4 is 0 Å². The van der Waals surface area contributed by atoms with E-state index < -0.39 is 18.1 Å². The summed E-state index contributed by atoms with van der Waals surface area (Å²) in [5, 5.41) is 0. The van der Waals surface area contributed by atoms with Crippen molar-refractivity contribution < 1.29 is 23.9 Å². The second-order valence-electron chi connectivity index (χ2n) is 3.26. The van der Waals surface area contributed by atoms with E-state index in [0.29, 0.717) is 0 Å². The molecule has 1 saturated heterocycles. The Morgan fingerprint density at radius 1 is 1.31 bits per heavy atom. The van der Waals surface area contributed by atoms with Crippen molar-refractivity contribution in [3.05, 3.63) is 0 Å². The van der Waals surface area contributed by atoms with Crippen molar-refractivity contribution in [3.63, 3.8) is 0 Å². The lowest BCUT2D eigenvalue weighted by Crippen LogP contribution is -2.44. The zero-order valence-corrected chi connectivity index (χ0v) is 9.39. The third-order valence-electron chi connectivity index (χ3n) is 2.23. The van der Waals surface area contributed by atoms with Gasteiger partial charge in [-0.05, 0) is 13.8 Å². The minimum absolute atomic E-state index is 0.169. The predicted octanol–water partition coefficient (Wildman–Crippen LogP) is 0.349. The summed E-state index contributed by atoms with van der Waals surface area (Å²) < 4.78 is 9.51. The fraction of sp³-hybridized carbons (Fsp3) is 0.700. The largest absolute Gasteiger partial charge is 0.464 e. The Morgan fingerprint density at radius 2 is 1.94 bits per heavy atom. The highest BCUT2D eigenvalue weighted by Crippen LogP contribution is 2.16. The third-order valence-corrected chi connectivity index (χ3v) is 2.23. The Bertz CT molecular complexity index is 302. The summed E-state index contributed by atoms with van der Waals surface area (Å²) in [4.78, 5) is 35.5. The molecule has 0 saturated carbocycles. The molecule has 1 unspecified atom stereocenters. The monoisotopic (exact) mass is 229 g/mol. The van der Waals surface area contributed by atoms with Gasteiger partial charge >= 0.3 is 12.1 Å². The smallest absolute Gasteiger partial charge is 0.410 e. The topological polar surface area (TPSA) is 72.9 Å². The van der Waals surface area contributed by atoms with Gasteiger partial charge in [0.2, 0.25) is 0 Å². The van der Waals surface area contributed by atoms with E-state index in [1.165, 1.54) is 0 Å². The molecule has 1 heterocycles. The fourth-order valence-corrected chi connectivity index (χ4v) is 1.55. The normalized spacial score (nSPS) is 19.8. The second-order valence-corrected chi connectivity index (χ2v) is 3.26. The van der Waals surface area contributed by atoms with Gasteiger partial charge in [-0.3, -0.25) is 9.69 Å². The molecule has 1 aliphatic heterocycles. The molecule has 1 aliphatic rings. The van der Waals surface area contributed by atoms with Crippen molar-refractivity contribution in [2.45, 2.75) is 26.3 Å². The van der Waals surface area contributed by atoms with Crippen molar-refractivity contribution in [1.29, 1.82) is 0 Å². The molecular formula is C10H15NO5. The van der Waals surface area contributed by atoms with Gasteiger partial charge in [0, 0.05) is 13.0 Å². The number of likely N-dealkylation sites (tertiary alicyclic amines) is 1. The zero-order valence-electron chi connectivity index (χ0n) is 9.39. The molecule has 0 aromatic heterocycles. The Labute approximate surface area is 93.5 Å². The van der Waals surface area contributed by atoms with E-state index in [2.05, 4.69) is 0 Å². The molecular weight excluding hydrogens is 214 g/mol. The van der Waals surface area contributed by atoms with Gasteiger partial charge in [0.05, 0.1) is 13.2 Å². The molecule has 1 fully saturated rings. The summed E-state index contributed by atoms with van der Waals surface area (Å²) in [7, 11) is 0. The molecule has 90 valence electrons. The number of esters is 1. The molecule has 0 aromatic carbocycles. The van der Waals surface area contributed by atoms with Crippen molar-refractivity contribution in [3.8, 4) is 0 Å². The molecule has 0 N–H and O–H groups in total. The van der Waals surface area contributed by atoms with Gasteiger partial charge in [-0.25, -0.2) is 9.59 Å². The summed E-state index contributed by atoms with van der Waals surface area (Å²) in [5.74, 6) is -0.982. The maximum Gasteiger partial charge on any atom is 0.410 e. The van der Waals surface area contributed by atoms with E-state index in [0.717, 1.165) is 4.90 Å². The molecule has 6 heteroatoms. The molecule has 16 heavy (non-hydrogen) atoms. The number of carbonyl (C=O) groups is 3. The van der Waals surface area contributed by atoms with Gasteiger partial charge in [-0.1, -0.05) is 0 Å². The zero-order chi connectivity index (χ0) is 12.1. The lowest BCUT2D eigenvalue weighted by atomic mass is 10.2. The number of Topliss-reactive ketones (excluding diaryl/α,β-unsaturated/α-hetero) is 1. The van der Waals surface area contributed by atoms with E-state index in [1.54, 1.807) is 13.8 Å². The minimum Gasteiger partial charge on any atom is -0.464 e. The summed E-state index contributed by atoms with van der Waals surface area (Å²) in [6.45, 7) is 3.90. The molecule has 0 aromatic rings. The number of hydrogen-bond acceptors (Lipinski definition) is 5. The SMILES string of the molecule is CCOC(=O)C1C(=O)CCN1C(=O)OCC. The van der Waals surface area contributed by atoms with Crippen LogP contribution in [0.5, 0.6) is 0 Å². The van der Waals surface area contributed by atoms with Gasteiger partial charge in [-0.15, -0.1) is 0 Å². The molecule has 0 bridgehead atoms. The summed E-state index contributed by atoms with van der Waals surface area (Å²) >= 11 is 0. The van der Waals surface area contributed by atoms with Crippen LogP contribution in [0.1, 0.15) is 20.3 Å². The lowest BCUT2D eigenvalue weighted by molar-refractivity contribution is -0.150. The summed E-state index contributed by atoms with van der Waals surface area (Å²) in [5.41, 5.74) is 0. The van der Waals surface area contributed by atoms with E-state index in [-0.39, 0.29) is 32.0 Å². The van der Waals surface area contributed by atoms with Gasteiger partial charge in [0.25, 0.3) is 0 Å². The molecule has 1 rings (SSSR count). The fourth-order valence-electron chi connectivity index (χ4n) is 1.55. The standard InChI is InChI=1S/C10H15NO5/c1-3-15-9(13)8-7(12)5-6-11(8)10(14)16-4-2/h8H,3-6H2,1-2H3. The van der Waals surface area contributed by atoms with Crippen LogP contribution in [-0.4, -0.2) is 48.5 Å². The van der Waals surface area contributed by atoms with Crippen LogP contribution in [0.3, 0.4) is 0 Å². The first-order chi connectivity index (χ1) is 7.61. The van der Waals surface area contributed by atoms with Gasteiger partial charge in [0.15, 0.2) is 11.8 Å². The third kappa shape index (κ3) is 2.50. The first-order valence-electron chi connectivity index (χ1n) is 5.24. The van der Waals surface area contributed by atoms with Crippen LogP contribution in [-0.2, 0) is 19.1 Å². The van der Waals surface area contributed by atoms with Crippen LogP contribution in [0.2, 0.25) is 0 Å². The van der Waals surface area contributed by atoms with Crippen LogP contribution in [0.4, 0.5) is 4.79 Å². The number of amides is 1. The Morgan fingerprint density at radius 3 is 2.50 bits per heavy atom. The first kappa shape index (κ1) is 12.5. The molecule has 0 spiro atoms. The highest BCUT2D eigenvalue weighted by molar-refractivity contribution is 6.07. The van der Waals surface area contributed by atoms with Crippen molar-refractivity contribution >= 4 is 17.8 Å². The number of carbonyl (C=O) groups excluding carboxylic acids is 3. The van der Waals surface area contributed by atoms with Gasteiger partial charge in [0.1, 0.15) is 0 Å². The first-order valence-corrected chi connectivity index (χ1v) is 5.24. The van der Waals surface area contributed by atoms with Crippen LogP contribution in [0.15, 0.2) is 0 Å². The molecule has 6 nitrogen and oxygen atoms in total. The minimum atomic E-state index is -1.13. The quantitative estimate of drug-likeness (QED) is 0.515. The van der Waals surface area contributed by atoms with E-state index in [4.69, 9.17) is 9.47 Å². The molecule has 1 atom stereocenters. The van der Waals surface area contributed by atoms with Crippen molar-refractivity contribution in [1.82, 2.24) is 4.90 Å². The number of rotatable bonds is 3. The average molecular weight is 229 g/mol. The summed E-state index contributed by atoms with van der Waals surface area (Å²) in [6.07, 6.45) is -0.478. The van der Waals surface area contributed by atoms with Crippen LogP contribution in [0, 0.1) is 0 Å². The van der Waals surface area contributed by atoms with Gasteiger partial charge < -0.3 is 9.47 Å². The Hall–Kier alpha value is -1.59. The molecule has 0 radical (unpaired) electrons. The predicted molar refractivity (Wildman–Crippen MR) is 53.8 cm³/mol. The Kier molecular flexibility index (Phi) is 4.28. The van der Waals surface area contributed by atoms with Crippen molar-refractivity contribution in [2.75, 3.05) is 19.8 Å². The second kappa shape index (κ2) is 5.48. The highest BCUT2D eigenvalue weighted by Gasteiger charge is 2.42. The van der Waals surface area contributed by atoms with Crippen LogP contribution >= 0.6 is 0 Å². The molecule has 1 amide bonds. The number of ketones is 1. The lowest BCUT2D eigenvalue weighted by Gasteiger charge is -2.20. The molecule has 0 aliphatic carbocycles. The maximum absolute atomic E-state index is 11.5. The van der Waals surface area contributed by atoms with E-state index in [9.17, 15) is 14.4 Å². The average Bonchev–Trinajstić information content (AvgIpc) is 2.61.